The summed E-state index contributed by atoms with van der Waals surface area (Å²) in [5.41, 5.74) is 3.61. The van der Waals surface area contributed by atoms with Gasteiger partial charge in [-0.05, 0) is 25.0 Å². The summed E-state index contributed by atoms with van der Waals surface area (Å²) in [5.74, 6) is 0. The largest absolute Gasteiger partial charge is 0.394 e. The number of rotatable bonds is 5. The summed E-state index contributed by atoms with van der Waals surface area (Å²) in [6, 6.07) is 18.7. The molecule has 0 saturated heterocycles. The van der Waals surface area contributed by atoms with Gasteiger partial charge >= 0.3 is 0 Å². The van der Waals surface area contributed by atoms with Crippen LogP contribution in [-0.4, -0.2) is 11.7 Å². The van der Waals surface area contributed by atoms with Gasteiger partial charge in [-0.25, -0.2) is 0 Å². The SMILES string of the molecule is Cc1ccc(C(C)N[C@@H](CO)c2ccccc2)cc1. The molecule has 0 spiro atoms. The Bertz CT molecular complexity index is 492. The van der Waals surface area contributed by atoms with Gasteiger partial charge in [0, 0.05) is 6.04 Å². The minimum absolute atomic E-state index is 0.0301. The van der Waals surface area contributed by atoms with E-state index in [1.54, 1.807) is 0 Å². The second-order valence-corrected chi connectivity index (χ2v) is 4.94. The molecule has 100 valence electrons. The Balaban J connectivity index is 2.08. The van der Waals surface area contributed by atoms with E-state index in [0.29, 0.717) is 0 Å². The molecule has 0 saturated carbocycles. The third-order valence-electron chi connectivity index (χ3n) is 3.41. The molecule has 2 aromatic rings. The van der Waals surface area contributed by atoms with Crippen molar-refractivity contribution in [1.29, 1.82) is 0 Å². The highest BCUT2D eigenvalue weighted by Gasteiger charge is 2.14. The van der Waals surface area contributed by atoms with Crippen LogP contribution in [0.15, 0.2) is 54.6 Å². The molecule has 1 unspecified atom stereocenters. The van der Waals surface area contributed by atoms with Gasteiger partial charge in [-0.2, -0.15) is 0 Å². The second kappa shape index (κ2) is 6.50. The summed E-state index contributed by atoms with van der Waals surface area (Å²) in [7, 11) is 0. The van der Waals surface area contributed by atoms with E-state index in [2.05, 4.69) is 43.4 Å². The highest BCUT2D eigenvalue weighted by molar-refractivity contribution is 5.25. The van der Waals surface area contributed by atoms with Crippen molar-refractivity contribution in [2.75, 3.05) is 6.61 Å². The lowest BCUT2D eigenvalue weighted by Crippen LogP contribution is -2.27. The Morgan fingerprint density at radius 2 is 1.58 bits per heavy atom. The van der Waals surface area contributed by atoms with Gasteiger partial charge in [0.15, 0.2) is 0 Å². The van der Waals surface area contributed by atoms with Crippen molar-refractivity contribution in [3.05, 3.63) is 71.3 Å². The predicted molar refractivity (Wildman–Crippen MR) is 79.0 cm³/mol. The molecule has 0 amide bonds. The molecule has 0 heterocycles. The van der Waals surface area contributed by atoms with Crippen LogP contribution in [0.1, 0.15) is 35.7 Å². The molecule has 2 rings (SSSR count). The average Bonchev–Trinajstić information content (AvgIpc) is 2.46. The minimum Gasteiger partial charge on any atom is -0.394 e. The summed E-state index contributed by atoms with van der Waals surface area (Å²) in [6.07, 6.45) is 0. The lowest BCUT2D eigenvalue weighted by molar-refractivity contribution is 0.235. The van der Waals surface area contributed by atoms with Crippen LogP contribution in [0, 0.1) is 6.92 Å². The molecule has 0 aliphatic carbocycles. The fraction of sp³-hybridized carbons (Fsp3) is 0.294. The van der Waals surface area contributed by atoms with Crippen molar-refractivity contribution in [1.82, 2.24) is 5.32 Å². The van der Waals surface area contributed by atoms with Crippen molar-refractivity contribution in [3.63, 3.8) is 0 Å². The summed E-state index contributed by atoms with van der Waals surface area (Å²) in [6.45, 7) is 4.30. The van der Waals surface area contributed by atoms with Crippen LogP contribution in [0.5, 0.6) is 0 Å². The number of aryl methyl sites for hydroxylation is 1. The normalized spacial score (nSPS) is 14.1. The van der Waals surface area contributed by atoms with Gasteiger partial charge < -0.3 is 10.4 Å². The molecule has 2 atom stereocenters. The van der Waals surface area contributed by atoms with Gasteiger partial charge in [0.25, 0.3) is 0 Å². The van der Waals surface area contributed by atoms with Crippen molar-refractivity contribution in [3.8, 4) is 0 Å². The molecule has 0 radical (unpaired) electrons. The number of aliphatic hydroxyl groups is 1. The van der Waals surface area contributed by atoms with E-state index in [9.17, 15) is 5.11 Å². The standard InChI is InChI=1S/C17H21NO/c1-13-8-10-15(11-9-13)14(2)18-17(12-19)16-6-4-3-5-7-16/h3-11,14,17-19H,12H2,1-2H3/t14?,17-/m0/s1. The third-order valence-corrected chi connectivity index (χ3v) is 3.41. The average molecular weight is 255 g/mol. The zero-order chi connectivity index (χ0) is 13.7. The molecule has 2 heteroatoms. The van der Waals surface area contributed by atoms with Gasteiger partial charge in [0.2, 0.25) is 0 Å². The maximum atomic E-state index is 9.56. The van der Waals surface area contributed by atoms with E-state index in [1.807, 2.05) is 30.3 Å². The maximum Gasteiger partial charge on any atom is 0.0626 e. The van der Waals surface area contributed by atoms with Gasteiger partial charge in [-0.15, -0.1) is 0 Å². The van der Waals surface area contributed by atoms with Gasteiger partial charge in [-0.1, -0.05) is 60.2 Å². The zero-order valence-electron chi connectivity index (χ0n) is 11.5. The third kappa shape index (κ3) is 3.66. The van der Waals surface area contributed by atoms with E-state index in [1.165, 1.54) is 11.1 Å². The number of nitrogens with one attached hydrogen (secondary N) is 1. The first-order valence-corrected chi connectivity index (χ1v) is 6.69. The summed E-state index contributed by atoms with van der Waals surface area (Å²) >= 11 is 0. The molecule has 0 aliphatic heterocycles. The first-order chi connectivity index (χ1) is 9.20. The molecule has 0 aromatic heterocycles. The summed E-state index contributed by atoms with van der Waals surface area (Å²) in [5, 5.41) is 13.0. The Morgan fingerprint density at radius 3 is 2.16 bits per heavy atom. The second-order valence-electron chi connectivity index (χ2n) is 4.94. The number of benzene rings is 2. The highest BCUT2D eigenvalue weighted by Crippen LogP contribution is 2.19. The van der Waals surface area contributed by atoms with Crippen molar-refractivity contribution >= 4 is 0 Å². The Hall–Kier alpha value is -1.64. The summed E-state index contributed by atoms with van der Waals surface area (Å²) < 4.78 is 0. The first-order valence-electron chi connectivity index (χ1n) is 6.69. The van der Waals surface area contributed by atoms with Crippen LogP contribution in [0.3, 0.4) is 0 Å². The fourth-order valence-corrected chi connectivity index (χ4v) is 2.19. The van der Waals surface area contributed by atoms with E-state index in [4.69, 9.17) is 0 Å². The van der Waals surface area contributed by atoms with Crippen LogP contribution in [0.4, 0.5) is 0 Å². The van der Waals surface area contributed by atoms with Crippen molar-refractivity contribution in [2.45, 2.75) is 25.9 Å². The quantitative estimate of drug-likeness (QED) is 0.858. The van der Waals surface area contributed by atoms with Gasteiger partial charge in [0.1, 0.15) is 0 Å². The van der Waals surface area contributed by atoms with Crippen LogP contribution >= 0.6 is 0 Å². The lowest BCUT2D eigenvalue weighted by atomic mass is 10.0. The van der Waals surface area contributed by atoms with E-state index in [-0.39, 0.29) is 18.7 Å². The predicted octanol–water partition coefficient (Wildman–Crippen LogP) is 3.38. The smallest absolute Gasteiger partial charge is 0.0626 e. The molecule has 0 aliphatic rings. The zero-order valence-corrected chi connectivity index (χ0v) is 11.5. The molecule has 2 aromatic carbocycles. The molecule has 2 N–H and O–H groups in total. The van der Waals surface area contributed by atoms with E-state index < -0.39 is 0 Å². The highest BCUT2D eigenvalue weighted by atomic mass is 16.3. The lowest BCUT2D eigenvalue weighted by Gasteiger charge is -2.22. The van der Waals surface area contributed by atoms with E-state index >= 15 is 0 Å². The van der Waals surface area contributed by atoms with Gasteiger partial charge in [-0.3, -0.25) is 0 Å². The number of hydrogen-bond donors (Lipinski definition) is 2. The molecule has 2 nitrogen and oxygen atoms in total. The topological polar surface area (TPSA) is 32.3 Å². The first kappa shape index (κ1) is 13.8. The Labute approximate surface area is 115 Å². The maximum absolute atomic E-state index is 9.56. The molecule has 0 fully saturated rings. The molecular formula is C17H21NO. The number of hydrogen-bond acceptors (Lipinski definition) is 2. The molecular weight excluding hydrogens is 234 g/mol. The number of aliphatic hydroxyl groups excluding tert-OH is 1. The van der Waals surface area contributed by atoms with E-state index in [0.717, 1.165) is 5.56 Å². The van der Waals surface area contributed by atoms with Crippen LogP contribution < -0.4 is 5.32 Å². The van der Waals surface area contributed by atoms with Crippen LogP contribution in [0.25, 0.3) is 0 Å². The monoisotopic (exact) mass is 255 g/mol. The fourth-order valence-electron chi connectivity index (χ4n) is 2.19. The minimum atomic E-state index is -0.0301. The molecule has 0 bridgehead atoms. The summed E-state index contributed by atoms with van der Waals surface area (Å²) in [4.78, 5) is 0. The van der Waals surface area contributed by atoms with Crippen LogP contribution in [0.2, 0.25) is 0 Å². The Morgan fingerprint density at radius 1 is 0.947 bits per heavy atom. The molecule has 19 heavy (non-hydrogen) atoms. The Kier molecular flexibility index (Phi) is 4.72. The van der Waals surface area contributed by atoms with Crippen molar-refractivity contribution < 1.29 is 5.11 Å². The van der Waals surface area contributed by atoms with Gasteiger partial charge in [0.05, 0.1) is 12.6 Å². The van der Waals surface area contributed by atoms with Crippen molar-refractivity contribution in [2.24, 2.45) is 0 Å². The van der Waals surface area contributed by atoms with Crippen LogP contribution in [-0.2, 0) is 0 Å².